The van der Waals surface area contributed by atoms with Gasteiger partial charge in [0.2, 0.25) is 0 Å². The van der Waals surface area contributed by atoms with Gasteiger partial charge in [-0.25, -0.2) is 9.59 Å². The topological polar surface area (TPSA) is 61.8 Å². The third kappa shape index (κ3) is 4.51. The van der Waals surface area contributed by atoms with Crippen LogP contribution >= 0.6 is 0 Å². The van der Waals surface area contributed by atoms with E-state index in [-0.39, 0.29) is 6.61 Å². The third-order valence-corrected chi connectivity index (χ3v) is 5.02. The molecule has 0 amide bonds. The quantitative estimate of drug-likeness (QED) is 0.406. The minimum Gasteiger partial charge on any atom is -0.481 e. The van der Waals surface area contributed by atoms with Crippen LogP contribution in [0.5, 0.6) is 5.75 Å². The molecule has 5 nitrogen and oxygen atoms in total. The predicted molar refractivity (Wildman–Crippen MR) is 116 cm³/mol. The van der Waals surface area contributed by atoms with Gasteiger partial charge in [-0.1, -0.05) is 49.0 Å². The van der Waals surface area contributed by atoms with Crippen LogP contribution in [0.4, 0.5) is 0 Å². The Morgan fingerprint density at radius 1 is 0.903 bits per heavy atom. The molecule has 0 saturated carbocycles. The van der Waals surface area contributed by atoms with Crippen molar-refractivity contribution in [2.75, 3.05) is 0 Å². The molecule has 0 N–H and O–H groups in total. The van der Waals surface area contributed by atoms with E-state index in [4.69, 9.17) is 14.2 Å². The minimum atomic E-state index is -0.634. The Bertz CT molecular complexity index is 1110. The molecule has 0 bridgehead atoms. The molecular weight excluding hydrogens is 392 g/mol. The molecule has 1 aliphatic heterocycles. The first-order valence-corrected chi connectivity index (χ1v) is 9.96. The lowest BCUT2D eigenvalue weighted by atomic mass is 10.0. The Kier molecular flexibility index (Phi) is 5.85. The van der Waals surface area contributed by atoms with Crippen molar-refractivity contribution in [3.63, 3.8) is 0 Å². The second-order valence-electron chi connectivity index (χ2n) is 7.39. The van der Waals surface area contributed by atoms with Crippen LogP contribution in [-0.2, 0) is 16.1 Å². The van der Waals surface area contributed by atoms with Crippen molar-refractivity contribution in [2.45, 2.75) is 25.7 Å². The fraction of sp³-hybridized carbons (Fsp3) is 0.154. The highest BCUT2D eigenvalue weighted by molar-refractivity contribution is 5.90. The lowest BCUT2D eigenvalue weighted by molar-refractivity contribution is 0.0117. The Morgan fingerprint density at radius 3 is 2.13 bits per heavy atom. The molecule has 0 aliphatic carbocycles. The average Bonchev–Trinajstić information content (AvgIpc) is 3.16. The van der Waals surface area contributed by atoms with Gasteiger partial charge in [0.25, 0.3) is 0 Å². The van der Waals surface area contributed by atoms with E-state index in [0.29, 0.717) is 16.9 Å². The molecule has 1 heterocycles. The van der Waals surface area contributed by atoms with Crippen LogP contribution in [-0.4, -0.2) is 18.0 Å². The number of hydrogen-bond donors (Lipinski definition) is 0. The van der Waals surface area contributed by atoms with Gasteiger partial charge in [0, 0.05) is 5.56 Å². The van der Waals surface area contributed by atoms with E-state index in [1.165, 1.54) is 0 Å². The van der Waals surface area contributed by atoms with Gasteiger partial charge in [0.1, 0.15) is 12.4 Å². The summed E-state index contributed by atoms with van der Waals surface area (Å²) >= 11 is 0. The molecule has 3 aromatic carbocycles. The molecule has 3 aromatic rings. The number of carbonyl (C=O) groups excluding carboxylic acids is 2. The molecule has 0 saturated heterocycles. The molecule has 2 atom stereocenters. The average molecular weight is 414 g/mol. The summed E-state index contributed by atoms with van der Waals surface area (Å²) in [5, 5.41) is 0. The van der Waals surface area contributed by atoms with Crippen molar-refractivity contribution in [2.24, 2.45) is 0 Å². The highest BCUT2D eigenvalue weighted by Gasteiger charge is 2.38. The first kappa shape index (κ1) is 20.4. The molecular formula is C26H22O5. The van der Waals surface area contributed by atoms with Crippen LogP contribution in [0.25, 0.3) is 0 Å². The van der Waals surface area contributed by atoms with E-state index in [1.807, 2.05) is 31.2 Å². The Morgan fingerprint density at radius 2 is 1.52 bits per heavy atom. The Hall–Kier alpha value is -3.86. The second-order valence-corrected chi connectivity index (χ2v) is 7.39. The van der Waals surface area contributed by atoms with Gasteiger partial charge in [-0.15, -0.1) is 0 Å². The van der Waals surface area contributed by atoms with Crippen LogP contribution in [0.2, 0.25) is 0 Å². The lowest BCUT2D eigenvalue weighted by Gasteiger charge is -2.20. The van der Waals surface area contributed by atoms with Gasteiger partial charge in [-0.2, -0.15) is 0 Å². The number of hydrogen-bond acceptors (Lipinski definition) is 5. The van der Waals surface area contributed by atoms with Gasteiger partial charge >= 0.3 is 11.9 Å². The number of benzene rings is 3. The number of ether oxygens (including phenoxy) is 3. The summed E-state index contributed by atoms with van der Waals surface area (Å²) in [5.74, 6) is -0.213. The summed E-state index contributed by atoms with van der Waals surface area (Å²) < 4.78 is 17.2. The van der Waals surface area contributed by atoms with Crippen molar-refractivity contribution in [3.8, 4) is 5.75 Å². The number of carbonyl (C=O) groups is 2. The lowest BCUT2D eigenvalue weighted by Crippen LogP contribution is -2.24. The summed E-state index contributed by atoms with van der Waals surface area (Å²) in [5.41, 5.74) is 3.20. The van der Waals surface area contributed by atoms with Gasteiger partial charge in [-0.3, -0.25) is 0 Å². The summed E-state index contributed by atoms with van der Waals surface area (Å²) in [7, 11) is 0. The largest absolute Gasteiger partial charge is 0.481 e. The summed E-state index contributed by atoms with van der Waals surface area (Å²) in [6.07, 6.45) is -1.12. The predicted octanol–water partition coefficient (Wildman–Crippen LogP) is 5.28. The van der Waals surface area contributed by atoms with Crippen molar-refractivity contribution >= 4 is 11.9 Å². The fourth-order valence-corrected chi connectivity index (χ4v) is 3.43. The molecule has 1 aliphatic rings. The van der Waals surface area contributed by atoms with Gasteiger partial charge in [0.15, 0.2) is 12.2 Å². The van der Waals surface area contributed by atoms with E-state index in [0.717, 1.165) is 16.7 Å². The molecule has 0 unspecified atom stereocenters. The third-order valence-electron chi connectivity index (χ3n) is 5.02. The van der Waals surface area contributed by atoms with Crippen molar-refractivity contribution in [1.29, 1.82) is 0 Å². The van der Waals surface area contributed by atoms with Crippen molar-refractivity contribution in [3.05, 3.63) is 113 Å². The van der Waals surface area contributed by atoms with E-state index in [2.05, 4.69) is 6.58 Å². The SMILES string of the molecule is C=C(C)[C@H]1Oc2ccc(COC(=O)c3ccccc3)cc2[C@H]1OC(=O)c1ccccc1. The van der Waals surface area contributed by atoms with Gasteiger partial charge in [-0.05, 0) is 54.5 Å². The molecule has 5 heteroatoms. The standard InChI is InChI=1S/C26H22O5/c1-17(2)23-24(31-26(28)20-11-7-4-8-12-20)21-15-18(13-14-22(21)30-23)16-29-25(27)19-9-5-3-6-10-19/h3-15,23-24H,1,16H2,2H3/t23-,24-/m1/s1. The smallest absolute Gasteiger partial charge is 0.338 e. The van der Waals surface area contributed by atoms with Gasteiger partial charge in [0.05, 0.1) is 11.1 Å². The van der Waals surface area contributed by atoms with E-state index in [9.17, 15) is 9.59 Å². The maximum atomic E-state index is 12.7. The Balaban J connectivity index is 1.53. The van der Waals surface area contributed by atoms with E-state index >= 15 is 0 Å². The molecule has 31 heavy (non-hydrogen) atoms. The van der Waals surface area contributed by atoms with E-state index < -0.39 is 24.1 Å². The maximum absolute atomic E-state index is 12.7. The number of rotatable bonds is 6. The zero-order valence-electron chi connectivity index (χ0n) is 17.1. The maximum Gasteiger partial charge on any atom is 0.338 e. The molecule has 4 rings (SSSR count). The fourth-order valence-electron chi connectivity index (χ4n) is 3.43. The number of fused-ring (bicyclic) bond motifs is 1. The highest BCUT2D eigenvalue weighted by Crippen LogP contribution is 2.42. The second kappa shape index (κ2) is 8.88. The molecule has 156 valence electrons. The van der Waals surface area contributed by atoms with Crippen LogP contribution in [0.1, 0.15) is 44.9 Å². The first-order chi connectivity index (χ1) is 15.0. The van der Waals surface area contributed by atoms with Gasteiger partial charge < -0.3 is 14.2 Å². The minimum absolute atomic E-state index is 0.0953. The molecule has 0 aromatic heterocycles. The van der Waals surface area contributed by atoms with Crippen molar-refractivity contribution in [1.82, 2.24) is 0 Å². The summed E-state index contributed by atoms with van der Waals surface area (Å²) in [4.78, 5) is 24.9. The van der Waals surface area contributed by atoms with Crippen LogP contribution in [0.3, 0.4) is 0 Å². The molecule has 0 spiro atoms. The molecule has 0 fully saturated rings. The summed E-state index contributed by atoms with van der Waals surface area (Å²) in [6, 6.07) is 23.1. The normalized spacial score (nSPS) is 16.7. The first-order valence-electron chi connectivity index (χ1n) is 9.96. The van der Waals surface area contributed by atoms with Crippen LogP contribution in [0, 0.1) is 0 Å². The zero-order chi connectivity index (χ0) is 21.8. The van der Waals surface area contributed by atoms with Crippen LogP contribution in [0.15, 0.2) is 91.0 Å². The summed E-state index contributed by atoms with van der Waals surface area (Å²) in [6.45, 7) is 5.91. The Labute approximate surface area is 180 Å². The monoisotopic (exact) mass is 414 g/mol. The van der Waals surface area contributed by atoms with E-state index in [1.54, 1.807) is 54.6 Å². The zero-order valence-corrected chi connectivity index (χ0v) is 17.1. The highest BCUT2D eigenvalue weighted by atomic mass is 16.6. The van der Waals surface area contributed by atoms with Crippen molar-refractivity contribution < 1.29 is 23.8 Å². The van der Waals surface area contributed by atoms with Crippen LogP contribution < -0.4 is 4.74 Å². The number of esters is 2. The molecule has 0 radical (unpaired) electrons.